The summed E-state index contributed by atoms with van der Waals surface area (Å²) in [6, 6.07) is 5.90. The molecule has 0 unspecified atom stereocenters. The molecule has 1 aliphatic heterocycles. The third kappa shape index (κ3) is 2.31. The summed E-state index contributed by atoms with van der Waals surface area (Å²) >= 11 is 0. The molecule has 4 rings (SSSR count). The number of nitrogens with one attached hydrogen (secondary N) is 2. The molecule has 0 spiro atoms. The van der Waals surface area contributed by atoms with Crippen molar-refractivity contribution in [1.82, 2.24) is 15.5 Å². The quantitative estimate of drug-likeness (QED) is 0.887. The number of hydrogen-bond donors (Lipinski definition) is 2. The van der Waals surface area contributed by atoms with Crippen LogP contribution in [0.5, 0.6) is 5.75 Å². The summed E-state index contributed by atoms with van der Waals surface area (Å²) in [5.74, 6) is 0.729. The van der Waals surface area contributed by atoms with E-state index < -0.39 is 0 Å². The second-order valence-electron chi connectivity index (χ2n) is 5.13. The SMILES string of the molecule is O=C(NC1CC1)c1noc(-c2cccc3c2OCCN3)n1. The number of carbonyl (C=O) groups is 1. The van der Waals surface area contributed by atoms with Crippen LogP contribution in [-0.2, 0) is 0 Å². The van der Waals surface area contributed by atoms with E-state index in [1.807, 2.05) is 18.2 Å². The zero-order valence-corrected chi connectivity index (χ0v) is 11.3. The second-order valence-corrected chi connectivity index (χ2v) is 5.13. The Morgan fingerprint density at radius 2 is 2.29 bits per heavy atom. The molecule has 0 atom stereocenters. The van der Waals surface area contributed by atoms with E-state index in [0.717, 1.165) is 25.1 Å². The minimum atomic E-state index is -0.295. The molecule has 2 N–H and O–H groups in total. The third-order valence-corrected chi connectivity index (χ3v) is 3.45. The monoisotopic (exact) mass is 286 g/mol. The Balaban J connectivity index is 1.64. The number of nitrogens with zero attached hydrogens (tertiary/aromatic N) is 2. The van der Waals surface area contributed by atoms with Crippen LogP contribution in [0.3, 0.4) is 0 Å². The largest absolute Gasteiger partial charge is 0.489 e. The minimum absolute atomic E-state index is 0.0540. The van der Waals surface area contributed by atoms with Gasteiger partial charge in [0.25, 0.3) is 17.6 Å². The Labute approximate surface area is 120 Å². The highest BCUT2D eigenvalue weighted by molar-refractivity contribution is 5.91. The highest BCUT2D eigenvalue weighted by Gasteiger charge is 2.27. The number of amides is 1. The number of ether oxygens (including phenoxy) is 1. The van der Waals surface area contributed by atoms with E-state index >= 15 is 0 Å². The molecular weight excluding hydrogens is 272 g/mol. The lowest BCUT2D eigenvalue weighted by Crippen LogP contribution is -2.26. The van der Waals surface area contributed by atoms with Crippen molar-refractivity contribution >= 4 is 11.6 Å². The van der Waals surface area contributed by atoms with E-state index in [4.69, 9.17) is 9.26 Å². The van der Waals surface area contributed by atoms with Crippen LogP contribution in [0.25, 0.3) is 11.5 Å². The van der Waals surface area contributed by atoms with Gasteiger partial charge in [0.05, 0.1) is 11.3 Å². The normalized spacial score (nSPS) is 16.6. The molecule has 2 aromatic rings. The summed E-state index contributed by atoms with van der Waals surface area (Å²) in [6.45, 7) is 1.34. The van der Waals surface area contributed by atoms with E-state index in [2.05, 4.69) is 20.8 Å². The molecule has 1 saturated carbocycles. The van der Waals surface area contributed by atoms with Crippen molar-refractivity contribution in [3.8, 4) is 17.2 Å². The van der Waals surface area contributed by atoms with Gasteiger partial charge >= 0.3 is 0 Å². The molecular formula is C14H14N4O3. The predicted octanol–water partition coefficient (Wildman–Crippen LogP) is 1.43. The zero-order valence-electron chi connectivity index (χ0n) is 11.3. The second kappa shape index (κ2) is 4.76. The topological polar surface area (TPSA) is 89.3 Å². The van der Waals surface area contributed by atoms with Crippen LogP contribution in [0.4, 0.5) is 5.69 Å². The average Bonchev–Trinajstić information content (AvgIpc) is 3.19. The number of benzene rings is 1. The van der Waals surface area contributed by atoms with Crippen molar-refractivity contribution in [3.05, 3.63) is 24.0 Å². The molecule has 7 nitrogen and oxygen atoms in total. The van der Waals surface area contributed by atoms with Gasteiger partial charge in [-0.2, -0.15) is 4.98 Å². The predicted molar refractivity (Wildman–Crippen MR) is 74.2 cm³/mol. The maximum absolute atomic E-state index is 11.9. The van der Waals surface area contributed by atoms with Gasteiger partial charge in [0.2, 0.25) is 0 Å². The number of hydrogen-bond acceptors (Lipinski definition) is 6. The van der Waals surface area contributed by atoms with E-state index in [1.54, 1.807) is 0 Å². The Bertz CT molecular complexity index is 693. The molecule has 7 heteroatoms. The molecule has 1 amide bonds. The molecule has 1 aromatic heterocycles. The van der Waals surface area contributed by atoms with Crippen LogP contribution in [0.15, 0.2) is 22.7 Å². The van der Waals surface area contributed by atoms with Crippen LogP contribution < -0.4 is 15.4 Å². The van der Waals surface area contributed by atoms with E-state index in [1.165, 1.54) is 0 Å². The smallest absolute Gasteiger partial charge is 0.292 e. The molecule has 1 fully saturated rings. The van der Waals surface area contributed by atoms with Gasteiger partial charge in [0.1, 0.15) is 6.61 Å². The van der Waals surface area contributed by atoms with E-state index in [0.29, 0.717) is 17.9 Å². The van der Waals surface area contributed by atoms with Crippen LogP contribution in [-0.4, -0.2) is 35.2 Å². The number of para-hydroxylation sites is 1. The van der Waals surface area contributed by atoms with Crippen LogP contribution >= 0.6 is 0 Å². The maximum Gasteiger partial charge on any atom is 0.292 e. The summed E-state index contributed by atoms with van der Waals surface area (Å²) in [7, 11) is 0. The van der Waals surface area contributed by atoms with Gasteiger partial charge in [-0.15, -0.1) is 0 Å². The molecule has 2 aliphatic rings. The van der Waals surface area contributed by atoms with Crippen LogP contribution in [0.1, 0.15) is 23.5 Å². The highest BCUT2D eigenvalue weighted by Crippen LogP contribution is 2.37. The lowest BCUT2D eigenvalue weighted by Gasteiger charge is -2.20. The Morgan fingerprint density at radius 1 is 1.38 bits per heavy atom. The maximum atomic E-state index is 11.9. The molecule has 0 saturated heterocycles. The summed E-state index contributed by atoms with van der Waals surface area (Å²) in [5.41, 5.74) is 1.58. The van der Waals surface area contributed by atoms with Gasteiger partial charge in [0.15, 0.2) is 5.75 Å². The van der Waals surface area contributed by atoms with Gasteiger partial charge in [-0.1, -0.05) is 11.2 Å². The average molecular weight is 286 g/mol. The first-order valence-electron chi connectivity index (χ1n) is 6.96. The highest BCUT2D eigenvalue weighted by atomic mass is 16.5. The Morgan fingerprint density at radius 3 is 3.14 bits per heavy atom. The van der Waals surface area contributed by atoms with Crippen molar-refractivity contribution in [1.29, 1.82) is 0 Å². The van der Waals surface area contributed by atoms with Gasteiger partial charge in [-0.25, -0.2) is 0 Å². The van der Waals surface area contributed by atoms with Crippen molar-refractivity contribution < 1.29 is 14.1 Å². The Hall–Kier alpha value is -2.57. The zero-order chi connectivity index (χ0) is 14.2. The van der Waals surface area contributed by atoms with Gasteiger partial charge < -0.3 is 19.9 Å². The summed E-state index contributed by atoms with van der Waals surface area (Å²) < 4.78 is 10.9. The van der Waals surface area contributed by atoms with Crippen molar-refractivity contribution in [2.45, 2.75) is 18.9 Å². The standard InChI is InChI=1S/C14H14N4O3/c19-13(16-8-4-5-8)12-17-14(21-18-12)9-2-1-3-10-11(9)20-7-6-15-10/h1-3,8,15H,4-7H2,(H,16,19). The molecule has 2 heterocycles. The lowest BCUT2D eigenvalue weighted by atomic mass is 10.1. The number of fused-ring (bicyclic) bond motifs is 1. The van der Waals surface area contributed by atoms with Gasteiger partial charge in [0, 0.05) is 12.6 Å². The van der Waals surface area contributed by atoms with Gasteiger partial charge in [-0.3, -0.25) is 4.79 Å². The van der Waals surface area contributed by atoms with E-state index in [-0.39, 0.29) is 23.7 Å². The first-order chi connectivity index (χ1) is 10.3. The third-order valence-electron chi connectivity index (χ3n) is 3.45. The first kappa shape index (κ1) is 12.2. The molecule has 1 aromatic carbocycles. The van der Waals surface area contributed by atoms with Crippen LogP contribution in [0, 0.1) is 0 Å². The van der Waals surface area contributed by atoms with E-state index in [9.17, 15) is 4.79 Å². The fourth-order valence-corrected chi connectivity index (χ4v) is 2.24. The number of rotatable bonds is 3. The fourth-order valence-electron chi connectivity index (χ4n) is 2.24. The first-order valence-corrected chi connectivity index (χ1v) is 6.96. The minimum Gasteiger partial charge on any atom is -0.489 e. The summed E-state index contributed by atoms with van der Waals surface area (Å²) in [4.78, 5) is 16.1. The van der Waals surface area contributed by atoms with Gasteiger partial charge in [-0.05, 0) is 25.0 Å². The van der Waals surface area contributed by atoms with Crippen molar-refractivity contribution in [2.75, 3.05) is 18.5 Å². The Kier molecular flexibility index (Phi) is 2.77. The number of anilines is 1. The fraction of sp³-hybridized carbons (Fsp3) is 0.357. The lowest BCUT2D eigenvalue weighted by molar-refractivity contribution is 0.0937. The number of aromatic nitrogens is 2. The molecule has 1 aliphatic carbocycles. The van der Waals surface area contributed by atoms with Crippen molar-refractivity contribution in [2.24, 2.45) is 0 Å². The van der Waals surface area contributed by atoms with Crippen LogP contribution in [0.2, 0.25) is 0 Å². The molecule has 0 bridgehead atoms. The van der Waals surface area contributed by atoms with Crippen molar-refractivity contribution in [3.63, 3.8) is 0 Å². The molecule has 21 heavy (non-hydrogen) atoms. The summed E-state index contributed by atoms with van der Waals surface area (Å²) in [6.07, 6.45) is 2.03. The molecule has 108 valence electrons. The molecule has 0 radical (unpaired) electrons. The summed E-state index contributed by atoms with van der Waals surface area (Å²) in [5, 5.41) is 9.82. The number of carbonyl (C=O) groups excluding carboxylic acids is 1.